The van der Waals surface area contributed by atoms with E-state index in [0.29, 0.717) is 0 Å². The van der Waals surface area contributed by atoms with Crippen molar-refractivity contribution in [3.8, 4) is 0 Å². The van der Waals surface area contributed by atoms with Crippen LogP contribution in [-0.2, 0) is 21.1 Å². The summed E-state index contributed by atoms with van der Waals surface area (Å²) in [4.78, 5) is 0. The zero-order chi connectivity index (χ0) is 7.56. The topological polar surface area (TPSA) is 0 Å². The van der Waals surface area contributed by atoms with Gasteiger partial charge in [0.05, 0.1) is 0 Å². The molecule has 0 N–H and O–H groups in total. The molecule has 1 rings (SSSR count). The summed E-state index contributed by atoms with van der Waals surface area (Å²) in [7, 11) is 0. The molecule has 0 nitrogen and oxygen atoms in total. The maximum absolute atomic E-state index is 2.53. The molecule has 0 amide bonds. The summed E-state index contributed by atoms with van der Waals surface area (Å²) in [6, 6.07) is 0. The van der Waals surface area contributed by atoms with E-state index in [-0.39, 0.29) is 38.0 Å². The van der Waals surface area contributed by atoms with Crippen LogP contribution in [-0.4, -0.2) is 0 Å². The van der Waals surface area contributed by atoms with Crippen molar-refractivity contribution in [1.29, 1.82) is 0 Å². The van der Waals surface area contributed by atoms with Gasteiger partial charge in [-0.05, 0) is 37.0 Å². The Hall–Kier alpha value is 1.17. The molecule has 0 bridgehead atoms. The molecule has 0 aromatic heterocycles. The van der Waals surface area contributed by atoms with Gasteiger partial charge in [0.15, 0.2) is 0 Å². The predicted octanol–water partition coefficient (Wildman–Crippen LogP) is 0.284. The van der Waals surface area contributed by atoms with Gasteiger partial charge >= 0.3 is 0 Å². The Morgan fingerprint density at radius 3 is 2.17 bits per heavy atom. The van der Waals surface area contributed by atoms with E-state index >= 15 is 0 Å². The van der Waals surface area contributed by atoms with Crippen molar-refractivity contribution < 1.29 is 38.0 Å². The second kappa shape index (κ2) is 7.56. The summed E-state index contributed by atoms with van der Waals surface area (Å²) in [6.45, 7) is 7.02. The van der Waals surface area contributed by atoms with Gasteiger partial charge in [0.1, 0.15) is 0 Å². The minimum absolute atomic E-state index is 0. The van der Waals surface area contributed by atoms with E-state index in [1.807, 2.05) is 0 Å². The first kappa shape index (κ1) is 15.6. The molecule has 1 aliphatic carbocycles. The summed E-state index contributed by atoms with van der Waals surface area (Å²) in [5.74, 6) is 2.73. The minimum Gasteiger partial charge on any atom is -1.00 e. The van der Waals surface area contributed by atoms with Gasteiger partial charge < -0.3 is 17.0 Å². The van der Waals surface area contributed by atoms with E-state index in [1.165, 1.54) is 19.3 Å². The molecule has 2 atom stereocenters. The van der Waals surface area contributed by atoms with Gasteiger partial charge in [0.2, 0.25) is 0 Å². The molecule has 2 heteroatoms. The molecule has 1 fully saturated rings. The van der Waals surface area contributed by atoms with Gasteiger partial charge in [-0.15, -0.1) is 0 Å². The van der Waals surface area contributed by atoms with Gasteiger partial charge in [-0.2, -0.15) is 0 Å². The fourth-order valence-electron chi connectivity index (χ4n) is 1.73. The number of halogens is 1. The third-order valence-electron chi connectivity index (χ3n) is 2.69. The molecule has 0 aromatic carbocycles. The van der Waals surface area contributed by atoms with Crippen LogP contribution in [0.15, 0.2) is 0 Å². The van der Waals surface area contributed by atoms with Crippen molar-refractivity contribution in [1.82, 2.24) is 0 Å². The Morgan fingerprint density at radius 2 is 1.83 bits per heavy atom. The average Bonchev–Trinajstić information content (AvgIpc) is 1.88. The first-order valence-corrected chi connectivity index (χ1v) is 4.53. The Kier molecular flexibility index (Phi) is 9.85. The van der Waals surface area contributed by atoms with Crippen molar-refractivity contribution in [2.45, 2.75) is 40.0 Å². The fourth-order valence-corrected chi connectivity index (χ4v) is 1.73. The standard InChI is InChI=1S/C10H19.BrH.Pt/c1-8(2)10-6-4-9(3)5-7-10;;/h6,8-10H,4-5,7H2,1-3H3;1H;/p-1/t9-,10-;;/m0../s1. The largest absolute Gasteiger partial charge is 1.00 e. The molecule has 1 saturated carbocycles. The van der Waals surface area contributed by atoms with E-state index < -0.39 is 0 Å². The van der Waals surface area contributed by atoms with E-state index in [4.69, 9.17) is 0 Å². The van der Waals surface area contributed by atoms with Crippen molar-refractivity contribution in [3.63, 3.8) is 0 Å². The molecule has 0 aromatic rings. The Morgan fingerprint density at radius 1 is 1.25 bits per heavy atom. The average molecular weight is 414 g/mol. The van der Waals surface area contributed by atoms with Crippen molar-refractivity contribution in [2.75, 3.05) is 0 Å². The molecule has 0 heterocycles. The zero-order valence-corrected chi connectivity index (χ0v) is 12.0. The van der Waals surface area contributed by atoms with Crippen molar-refractivity contribution >= 4 is 0 Å². The van der Waals surface area contributed by atoms with Gasteiger partial charge in [-0.3, -0.25) is 0 Å². The zero-order valence-electron chi connectivity index (χ0n) is 8.12. The molecule has 0 unspecified atom stereocenters. The van der Waals surface area contributed by atoms with Crippen LogP contribution < -0.4 is 17.0 Å². The molecule has 12 heavy (non-hydrogen) atoms. The van der Waals surface area contributed by atoms with Crippen molar-refractivity contribution in [3.05, 3.63) is 6.42 Å². The molecular weight excluding hydrogens is 395 g/mol. The molecular formula is C10H19BrPt-. The summed E-state index contributed by atoms with van der Waals surface area (Å²) < 4.78 is 0. The maximum Gasteiger partial charge on any atom is 0 e. The van der Waals surface area contributed by atoms with Crippen LogP contribution in [0.5, 0.6) is 0 Å². The second-order valence-electron chi connectivity index (χ2n) is 4.06. The van der Waals surface area contributed by atoms with Gasteiger partial charge in [0.25, 0.3) is 0 Å². The Balaban J connectivity index is 0. The number of hydrogen-bond donors (Lipinski definition) is 0. The van der Waals surface area contributed by atoms with Crippen LogP contribution in [0.4, 0.5) is 0 Å². The van der Waals surface area contributed by atoms with Crippen molar-refractivity contribution in [2.24, 2.45) is 17.8 Å². The summed E-state index contributed by atoms with van der Waals surface area (Å²) >= 11 is 0. The summed E-state index contributed by atoms with van der Waals surface area (Å²) in [5, 5.41) is 0. The van der Waals surface area contributed by atoms with Crippen LogP contribution in [0.3, 0.4) is 0 Å². The quantitative estimate of drug-likeness (QED) is 0.579. The van der Waals surface area contributed by atoms with E-state index in [2.05, 4.69) is 27.2 Å². The van der Waals surface area contributed by atoms with Crippen LogP contribution in [0, 0.1) is 24.2 Å². The monoisotopic (exact) mass is 413 g/mol. The molecule has 1 radical (unpaired) electrons. The summed E-state index contributed by atoms with van der Waals surface area (Å²) in [5.41, 5.74) is 0. The normalized spacial score (nSPS) is 29.0. The van der Waals surface area contributed by atoms with Gasteiger partial charge in [-0.25, -0.2) is 0 Å². The number of hydrogen-bond acceptors (Lipinski definition) is 0. The molecule has 0 spiro atoms. The van der Waals surface area contributed by atoms with Gasteiger partial charge in [0, 0.05) is 21.1 Å². The van der Waals surface area contributed by atoms with Crippen LogP contribution in [0.25, 0.3) is 0 Å². The van der Waals surface area contributed by atoms with E-state index in [9.17, 15) is 0 Å². The van der Waals surface area contributed by atoms with Crippen LogP contribution in [0.1, 0.15) is 40.0 Å². The second-order valence-corrected chi connectivity index (χ2v) is 4.06. The summed E-state index contributed by atoms with van der Waals surface area (Å²) in [6.07, 6.45) is 6.75. The van der Waals surface area contributed by atoms with E-state index in [1.54, 1.807) is 0 Å². The Labute approximate surface area is 102 Å². The molecule has 0 aliphatic heterocycles. The first-order valence-electron chi connectivity index (χ1n) is 4.53. The Bertz CT molecular complexity index is 96.0. The molecule has 77 valence electrons. The SMILES string of the molecule is CC(C)[C@H]1[CH]C[C@H](C)CC1.[Br-].[Pt]. The smallest absolute Gasteiger partial charge is 0 e. The van der Waals surface area contributed by atoms with Crippen LogP contribution >= 0.6 is 0 Å². The third-order valence-corrected chi connectivity index (χ3v) is 2.69. The maximum atomic E-state index is 2.53. The number of rotatable bonds is 1. The van der Waals surface area contributed by atoms with Gasteiger partial charge in [-0.1, -0.05) is 27.2 Å². The third kappa shape index (κ3) is 5.02. The first-order chi connectivity index (χ1) is 4.70. The fraction of sp³-hybridized carbons (Fsp3) is 0.900. The predicted molar refractivity (Wildman–Crippen MR) is 45.6 cm³/mol. The molecule has 0 saturated heterocycles. The minimum atomic E-state index is 0. The van der Waals surface area contributed by atoms with Crippen LogP contribution in [0.2, 0.25) is 0 Å². The van der Waals surface area contributed by atoms with E-state index in [0.717, 1.165) is 17.8 Å². The molecule has 1 aliphatic rings.